The second kappa shape index (κ2) is 9.08. The maximum Gasteiger partial charge on any atom is 0.151 e. The molecule has 1 aromatic heterocycles. The van der Waals surface area contributed by atoms with Crippen molar-refractivity contribution in [2.24, 2.45) is 0 Å². The molecule has 0 radical (unpaired) electrons. The van der Waals surface area contributed by atoms with Crippen LogP contribution in [-0.2, 0) is 11.3 Å². The van der Waals surface area contributed by atoms with Gasteiger partial charge in [-0.15, -0.1) is 0 Å². The van der Waals surface area contributed by atoms with Crippen LogP contribution in [0.3, 0.4) is 0 Å². The average Bonchev–Trinajstić information content (AvgIpc) is 3.08. The van der Waals surface area contributed by atoms with Crippen molar-refractivity contribution in [2.75, 3.05) is 26.8 Å². The number of benzene rings is 2. The van der Waals surface area contributed by atoms with Crippen LogP contribution in [0.15, 0.2) is 48.7 Å². The molecule has 28 heavy (non-hydrogen) atoms. The number of rotatable bonds is 8. The van der Waals surface area contributed by atoms with Crippen LogP contribution in [-0.4, -0.2) is 41.5 Å². The van der Waals surface area contributed by atoms with Gasteiger partial charge in [-0.2, -0.15) is 5.10 Å². The number of aryl methyl sites for hydroxylation is 1. The minimum atomic E-state index is -0.642. The van der Waals surface area contributed by atoms with Crippen molar-refractivity contribution in [3.05, 3.63) is 71.4 Å². The summed E-state index contributed by atoms with van der Waals surface area (Å²) >= 11 is 0. The molecule has 0 atom stereocenters. The van der Waals surface area contributed by atoms with Gasteiger partial charge in [0.1, 0.15) is 11.5 Å². The molecule has 148 valence electrons. The molecule has 0 N–H and O–H groups in total. The van der Waals surface area contributed by atoms with E-state index in [1.165, 1.54) is 16.8 Å². The van der Waals surface area contributed by atoms with Crippen molar-refractivity contribution >= 4 is 0 Å². The molecule has 0 spiro atoms. The van der Waals surface area contributed by atoms with Gasteiger partial charge in [-0.1, -0.05) is 31.2 Å². The van der Waals surface area contributed by atoms with Crippen LogP contribution < -0.4 is 0 Å². The first-order chi connectivity index (χ1) is 13.5. The fraction of sp³-hybridized carbons (Fsp3) is 0.318. The molecule has 0 amide bonds. The first-order valence-corrected chi connectivity index (χ1v) is 9.34. The predicted octanol–water partition coefficient (Wildman–Crippen LogP) is 4.59. The van der Waals surface area contributed by atoms with Gasteiger partial charge >= 0.3 is 0 Å². The van der Waals surface area contributed by atoms with Crippen molar-refractivity contribution < 1.29 is 13.5 Å². The highest BCUT2D eigenvalue weighted by molar-refractivity contribution is 5.66. The summed E-state index contributed by atoms with van der Waals surface area (Å²) in [5.41, 5.74) is 4.10. The van der Waals surface area contributed by atoms with Crippen LogP contribution >= 0.6 is 0 Å². The molecule has 2 aromatic carbocycles. The van der Waals surface area contributed by atoms with Crippen molar-refractivity contribution in [3.63, 3.8) is 0 Å². The average molecular weight is 385 g/mol. The molecule has 0 saturated heterocycles. The van der Waals surface area contributed by atoms with Crippen molar-refractivity contribution in [3.8, 4) is 16.9 Å². The van der Waals surface area contributed by atoms with E-state index in [0.29, 0.717) is 13.2 Å². The maximum atomic E-state index is 14.3. The van der Waals surface area contributed by atoms with Crippen LogP contribution in [0.1, 0.15) is 18.1 Å². The highest BCUT2D eigenvalue weighted by Gasteiger charge is 2.18. The topological polar surface area (TPSA) is 30.3 Å². The van der Waals surface area contributed by atoms with Crippen LogP contribution in [0.5, 0.6) is 0 Å². The fourth-order valence-corrected chi connectivity index (χ4v) is 3.19. The molecule has 0 saturated carbocycles. The third-order valence-corrected chi connectivity index (χ3v) is 4.80. The van der Waals surface area contributed by atoms with E-state index in [1.807, 2.05) is 37.4 Å². The molecular weight excluding hydrogens is 360 g/mol. The first kappa shape index (κ1) is 20.2. The Balaban J connectivity index is 2.05. The minimum Gasteiger partial charge on any atom is -0.383 e. The summed E-state index contributed by atoms with van der Waals surface area (Å²) in [6.45, 7) is 7.05. The zero-order valence-corrected chi connectivity index (χ0v) is 16.5. The molecule has 6 heteroatoms. The Kier molecular flexibility index (Phi) is 6.54. The number of methoxy groups -OCH3 is 1. The number of hydrogen-bond donors (Lipinski definition) is 0. The largest absolute Gasteiger partial charge is 0.383 e. The van der Waals surface area contributed by atoms with E-state index < -0.39 is 11.6 Å². The standard InChI is InChI=1S/C22H25F2N3O/c1-4-26(11-12-28-3)14-17-15-27(21-10-9-18(23)13-20(21)24)25-22(17)19-8-6-5-7-16(19)2/h5-10,13,15H,4,11-12,14H2,1-3H3. The lowest BCUT2D eigenvalue weighted by Crippen LogP contribution is -2.26. The summed E-state index contributed by atoms with van der Waals surface area (Å²) in [4.78, 5) is 2.24. The Hall–Kier alpha value is -2.57. The van der Waals surface area contributed by atoms with E-state index >= 15 is 0 Å². The molecule has 0 unspecified atom stereocenters. The van der Waals surface area contributed by atoms with E-state index in [0.717, 1.165) is 41.5 Å². The minimum absolute atomic E-state index is 0.224. The van der Waals surface area contributed by atoms with Gasteiger partial charge in [0.15, 0.2) is 5.82 Å². The summed E-state index contributed by atoms with van der Waals surface area (Å²) in [6.07, 6.45) is 1.83. The molecule has 3 aromatic rings. The summed E-state index contributed by atoms with van der Waals surface area (Å²) in [5, 5.41) is 4.67. The molecule has 3 rings (SSSR count). The third-order valence-electron chi connectivity index (χ3n) is 4.80. The summed E-state index contributed by atoms with van der Waals surface area (Å²) in [5.74, 6) is -1.25. The summed E-state index contributed by atoms with van der Waals surface area (Å²) < 4.78 is 34.3. The van der Waals surface area contributed by atoms with E-state index in [9.17, 15) is 8.78 Å². The Morgan fingerprint density at radius 3 is 2.61 bits per heavy atom. The number of nitrogens with zero attached hydrogens (tertiary/aromatic N) is 3. The lowest BCUT2D eigenvalue weighted by atomic mass is 10.0. The smallest absolute Gasteiger partial charge is 0.151 e. The quantitative estimate of drug-likeness (QED) is 0.568. The van der Waals surface area contributed by atoms with Crippen molar-refractivity contribution in [1.29, 1.82) is 0 Å². The molecule has 0 aliphatic heterocycles. The van der Waals surface area contributed by atoms with Crippen LogP contribution in [0.2, 0.25) is 0 Å². The predicted molar refractivity (Wildman–Crippen MR) is 106 cm³/mol. The number of hydrogen-bond acceptors (Lipinski definition) is 3. The van der Waals surface area contributed by atoms with Crippen molar-refractivity contribution in [1.82, 2.24) is 14.7 Å². The number of halogens is 2. The van der Waals surface area contributed by atoms with Gasteiger partial charge in [0, 0.05) is 43.6 Å². The van der Waals surface area contributed by atoms with Gasteiger partial charge in [-0.3, -0.25) is 4.90 Å². The maximum absolute atomic E-state index is 14.3. The van der Waals surface area contributed by atoms with Gasteiger partial charge < -0.3 is 4.74 Å². The number of ether oxygens (including phenoxy) is 1. The molecule has 0 aliphatic rings. The second-order valence-corrected chi connectivity index (χ2v) is 6.72. The Morgan fingerprint density at radius 1 is 1.14 bits per heavy atom. The Bertz CT molecular complexity index is 939. The van der Waals surface area contributed by atoms with Gasteiger partial charge in [0.05, 0.1) is 12.3 Å². The lowest BCUT2D eigenvalue weighted by Gasteiger charge is -2.19. The molecule has 0 fully saturated rings. The SMILES string of the molecule is CCN(CCOC)Cc1cn(-c2ccc(F)cc2F)nc1-c1ccccc1C. The van der Waals surface area contributed by atoms with E-state index in [4.69, 9.17) is 4.74 Å². The highest BCUT2D eigenvalue weighted by Crippen LogP contribution is 2.28. The Labute approximate surface area is 164 Å². The lowest BCUT2D eigenvalue weighted by molar-refractivity contribution is 0.147. The van der Waals surface area contributed by atoms with E-state index in [1.54, 1.807) is 7.11 Å². The monoisotopic (exact) mass is 385 g/mol. The zero-order valence-electron chi connectivity index (χ0n) is 16.5. The first-order valence-electron chi connectivity index (χ1n) is 9.34. The van der Waals surface area contributed by atoms with Crippen LogP contribution in [0.4, 0.5) is 8.78 Å². The molecule has 0 bridgehead atoms. The fourth-order valence-electron chi connectivity index (χ4n) is 3.19. The zero-order chi connectivity index (χ0) is 20.1. The second-order valence-electron chi connectivity index (χ2n) is 6.72. The molecule has 1 heterocycles. The third kappa shape index (κ3) is 4.46. The molecule has 4 nitrogen and oxygen atoms in total. The normalized spacial score (nSPS) is 11.4. The van der Waals surface area contributed by atoms with Gasteiger partial charge in [0.2, 0.25) is 0 Å². The molecule has 0 aliphatic carbocycles. The summed E-state index contributed by atoms with van der Waals surface area (Å²) in [7, 11) is 1.68. The number of aromatic nitrogens is 2. The summed E-state index contributed by atoms with van der Waals surface area (Å²) in [6, 6.07) is 11.5. The van der Waals surface area contributed by atoms with Crippen molar-refractivity contribution in [2.45, 2.75) is 20.4 Å². The highest BCUT2D eigenvalue weighted by atomic mass is 19.1. The molecular formula is C22H25F2N3O. The van der Waals surface area contributed by atoms with Crippen LogP contribution in [0, 0.1) is 18.6 Å². The van der Waals surface area contributed by atoms with E-state index in [2.05, 4.69) is 16.9 Å². The van der Waals surface area contributed by atoms with Gasteiger partial charge in [0.25, 0.3) is 0 Å². The van der Waals surface area contributed by atoms with Crippen LogP contribution in [0.25, 0.3) is 16.9 Å². The van der Waals surface area contributed by atoms with Gasteiger partial charge in [-0.05, 0) is 31.2 Å². The number of likely N-dealkylation sites (N-methyl/N-ethyl adjacent to an activating group) is 1. The van der Waals surface area contributed by atoms with Gasteiger partial charge in [-0.25, -0.2) is 13.5 Å². The Morgan fingerprint density at radius 2 is 1.93 bits per heavy atom. The van der Waals surface area contributed by atoms with E-state index in [-0.39, 0.29) is 5.69 Å².